The van der Waals surface area contributed by atoms with Gasteiger partial charge in [-0.05, 0) is 26.3 Å². The highest BCUT2D eigenvalue weighted by Crippen LogP contribution is 2.22. The van der Waals surface area contributed by atoms with E-state index < -0.39 is 0 Å². The minimum atomic E-state index is 0.791. The van der Waals surface area contributed by atoms with Crippen LogP contribution in [0.2, 0.25) is 0 Å². The summed E-state index contributed by atoms with van der Waals surface area (Å²) in [5.74, 6) is 0.791. The maximum Gasteiger partial charge on any atom is 0.159 e. The van der Waals surface area contributed by atoms with Crippen LogP contribution in [0.3, 0.4) is 0 Å². The molecule has 88 valence electrons. The summed E-state index contributed by atoms with van der Waals surface area (Å²) in [6.45, 7) is 6.17. The van der Waals surface area contributed by atoms with Gasteiger partial charge in [0, 0.05) is 12.6 Å². The highest BCUT2D eigenvalue weighted by Gasteiger charge is 2.07. The Hall–Kier alpha value is -1.90. The van der Waals surface area contributed by atoms with Gasteiger partial charge in [0.05, 0.1) is 17.6 Å². The van der Waals surface area contributed by atoms with Gasteiger partial charge in [0.2, 0.25) is 0 Å². The Labute approximate surface area is 102 Å². The zero-order chi connectivity index (χ0) is 12.4. The van der Waals surface area contributed by atoms with Crippen molar-refractivity contribution in [1.29, 1.82) is 0 Å². The van der Waals surface area contributed by atoms with E-state index in [0.717, 1.165) is 22.8 Å². The van der Waals surface area contributed by atoms with Crippen LogP contribution >= 0.6 is 0 Å². The van der Waals surface area contributed by atoms with E-state index in [1.54, 1.807) is 0 Å². The Morgan fingerprint density at radius 1 is 1.12 bits per heavy atom. The van der Waals surface area contributed by atoms with Crippen molar-refractivity contribution in [2.75, 3.05) is 12.4 Å². The molecule has 1 aromatic carbocycles. The molecule has 0 radical (unpaired) electrons. The van der Waals surface area contributed by atoms with Crippen LogP contribution in [0.1, 0.15) is 16.8 Å². The number of hydrogen-bond acceptors (Lipinski definition) is 3. The molecule has 0 bridgehead atoms. The molecule has 0 unspecified atom stereocenters. The number of anilines is 1. The molecule has 0 aliphatic carbocycles. The van der Waals surface area contributed by atoms with Crippen molar-refractivity contribution in [1.82, 2.24) is 9.97 Å². The summed E-state index contributed by atoms with van der Waals surface area (Å²) in [7, 11) is 1.88. The van der Waals surface area contributed by atoms with Crippen LogP contribution in [0.5, 0.6) is 0 Å². The largest absolute Gasteiger partial charge is 0.385 e. The van der Waals surface area contributed by atoms with Crippen molar-refractivity contribution >= 4 is 5.69 Å². The van der Waals surface area contributed by atoms with Gasteiger partial charge >= 0.3 is 0 Å². The first-order valence-electron chi connectivity index (χ1n) is 5.71. The normalized spacial score (nSPS) is 10.4. The van der Waals surface area contributed by atoms with Crippen LogP contribution in [0.25, 0.3) is 11.4 Å². The minimum Gasteiger partial charge on any atom is -0.385 e. The smallest absolute Gasteiger partial charge is 0.159 e. The molecule has 2 rings (SSSR count). The van der Waals surface area contributed by atoms with Crippen LogP contribution in [0, 0.1) is 20.8 Å². The lowest BCUT2D eigenvalue weighted by molar-refractivity contribution is 1.10. The molecule has 3 nitrogen and oxygen atoms in total. The molecule has 3 heteroatoms. The SMILES string of the molecule is CNc1cnc(-c2ccc(C)cc2C)nc1C. The average Bonchev–Trinajstić information content (AvgIpc) is 2.29. The van der Waals surface area contributed by atoms with Gasteiger partial charge in [-0.3, -0.25) is 0 Å². The van der Waals surface area contributed by atoms with E-state index in [2.05, 4.69) is 47.3 Å². The second kappa shape index (κ2) is 4.53. The van der Waals surface area contributed by atoms with Gasteiger partial charge in [0.25, 0.3) is 0 Å². The minimum absolute atomic E-state index is 0.791. The van der Waals surface area contributed by atoms with Gasteiger partial charge < -0.3 is 5.32 Å². The summed E-state index contributed by atoms with van der Waals surface area (Å²) in [6, 6.07) is 6.32. The molecule has 0 fully saturated rings. The van der Waals surface area contributed by atoms with Crippen LogP contribution in [0.15, 0.2) is 24.4 Å². The molecule has 0 aliphatic rings. The highest BCUT2D eigenvalue weighted by molar-refractivity contribution is 5.62. The zero-order valence-corrected chi connectivity index (χ0v) is 10.7. The van der Waals surface area contributed by atoms with Crippen molar-refractivity contribution < 1.29 is 0 Å². The lowest BCUT2D eigenvalue weighted by Gasteiger charge is -2.08. The highest BCUT2D eigenvalue weighted by atomic mass is 14.9. The van der Waals surface area contributed by atoms with E-state index in [1.807, 2.05) is 20.2 Å². The molecule has 0 aliphatic heterocycles. The lowest BCUT2D eigenvalue weighted by Crippen LogP contribution is -1.99. The molecule has 1 N–H and O–H groups in total. The van der Waals surface area contributed by atoms with E-state index in [9.17, 15) is 0 Å². The van der Waals surface area contributed by atoms with Crippen molar-refractivity contribution in [3.8, 4) is 11.4 Å². The Balaban J connectivity index is 2.50. The molecule has 0 atom stereocenters. The Bertz CT molecular complexity index is 547. The van der Waals surface area contributed by atoms with Crippen LogP contribution < -0.4 is 5.32 Å². The van der Waals surface area contributed by atoms with E-state index in [4.69, 9.17) is 0 Å². The number of benzene rings is 1. The maximum atomic E-state index is 4.53. The van der Waals surface area contributed by atoms with Gasteiger partial charge in [0.1, 0.15) is 0 Å². The van der Waals surface area contributed by atoms with Gasteiger partial charge in [-0.2, -0.15) is 0 Å². The Kier molecular flexibility index (Phi) is 3.09. The molecule has 2 aromatic rings. The Morgan fingerprint density at radius 2 is 1.88 bits per heavy atom. The third-order valence-electron chi connectivity index (χ3n) is 2.87. The number of aryl methyl sites for hydroxylation is 3. The molecular weight excluding hydrogens is 210 g/mol. The summed E-state index contributed by atoms with van der Waals surface area (Å²) in [5, 5.41) is 3.07. The first-order valence-corrected chi connectivity index (χ1v) is 5.71. The summed E-state index contributed by atoms with van der Waals surface area (Å²) in [4.78, 5) is 8.93. The number of hydrogen-bond donors (Lipinski definition) is 1. The molecule has 0 spiro atoms. The number of nitrogens with zero attached hydrogens (tertiary/aromatic N) is 2. The summed E-state index contributed by atoms with van der Waals surface area (Å²) in [5.41, 5.74) is 5.51. The predicted octanol–water partition coefficient (Wildman–Crippen LogP) is 3.11. The third-order valence-corrected chi connectivity index (χ3v) is 2.87. The number of rotatable bonds is 2. The van der Waals surface area contributed by atoms with Crippen LogP contribution in [-0.4, -0.2) is 17.0 Å². The summed E-state index contributed by atoms with van der Waals surface area (Å²) >= 11 is 0. The van der Waals surface area contributed by atoms with E-state index in [0.29, 0.717) is 0 Å². The first kappa shape index (κ1) is 11.6. The second-order valence-corrected chi connectivity index (χ2v) is 4.26. The summed E-state index contributed by atoms with van der Waals surface area (Å²) in [6.07, 6.45) is 1.83. The quantitative estimate of drug-likeness (QED) is 0.856. The predicted molar refractivity (Wildman–Crippen MR) is 71.2 cm³/mol. The van der Waals surface area contributed by atoms with E-state index >= 15 is 0 Å². The Morgan fingerprint density at radius 3 is 2.47 bits per heavy atom. The van der Waals surface area contributed by atoms with E-state index in [1.165, 1.54) is 11.1 Å². The van der Waals surface area contributed by atoms with Crippen molar-refractivity contribution in [2.24, 2.45) is 0 Å². The van der Waals surface area contributed by atoms with Crippen molar-refractivity contribution in [3.63, 3.8) is 0 Å². The maximum absolute atomic E-state index is 4.53. The van der Waals surface area contributed by atoms with E-state index in [-0.39, 0.29) is 0 Å². The summed E-state index contributed by atoms with van der Waals surface area (Å²) < 4.78 is 0. The topological polar surface area (TPSA) is 37.8 Å². The van der Waals surface area contributed by atoms with Gasteiger partial charge in [-0.25, -0.2) is 9.97 Å². The van der Waals surface area contributed by atoms with Crippen LogP contribution in [0.4, 0.5) is 5.69 Å². The fourth-order valence-corrected chi connectivity index (χ4v) is 1.91. The van der Waals surface area contributed by atoms with Gasteiger partial charge in [-0.1, -0.05) is 23.8 Å². The average molecular weight is 227 g/mol. The fourth-order valence-electron chi connectivity index (χ4n) is 1.91. The molecule has 0 saturated carbocycles. The first-order chi connectivity index (χ1) is 8.11. The standard InChI is InChI=1S/C14H17N3/c1-9-5-6-12(10(2)7-9)14-16-8-13(15-4)11(3)17-14/h5-8,15H,1-4H3. The molecule has 17 heavy (non-hydrogen) atoms. The number of aromatic nitrogens is 2. The van der Waals surface area contributed by atoms with Gasteiger partial charge in [0.15, 0.2) is 5.82 Å². The third kappa shape index (κ3) is 2.28. The number of nitrogens with one attached hydrogen (secondary N) is 1. The van der Waals surface area contributed by atoms with Crippen molar-refractivity contribution in [2.45, 2.75) is 20.8 Å². The molecule has 1 aromatic heterocycles. The van der Waals surface area contributed by atoms with Crippen molar-refractivity contribution in [3.05, 3.63) is 41.2 Å². The lowest BCUT2D eigenvalue weighted by atomic mass is 10.1. The molecule has 0 amide bonds. The zero-order valence-electron chi connectivity index (χ0n) is 10.7. The fraction of sp³-hybridized carbons (Fsp3) is 0.286. The van der Waals surface area contributed by atoms with Gasteiger partial charge in [-0.15, -0.1) is 0 Å². The molecule has 1 heterocycles. The molecule has 0 saturated heterocycles. The van der Waals surface area contributed by atoms with Crippen LogP contribution in [-0.2, 0) is 0 Å². The monoisotopic (exact) mass is 227 g/mol. The second-order valence-electron chi connectivity index (χ2n) is 4.26. The molecular formula is C14H17N3.